The van der Waals surface area contributed by atoms with Crippen LogP contribution in [0.5, 0.6) is 0 Å². The van der Waals surface area contributed by atoms with Gasteiger partial charge in [-0.1, -0.05) is 32.1 Å². The Hall–Kier alpha value is 1.72. The van der Waals surface area contributed by atoms with Crippen LogP contribution in [0, 0.1) is 0 Å². The van der Waals surface area contributed by atoms with Crippen molar-refractivity contribution in [3.8, 4) is 0 Å². The maximum atomic E-state index is 10.3. The number of ether oxygens (including phenoxy) is 5. The van der Waals surface area contributed by atoms with Crippen molar-refractivity contribution < 1.29 is 93.0 Å². The fourth-order valence-electron chi connectivity index (χ4n) is 2.05. The second kappa shape index (κ2) is 32.4. The average Bonchev–Trinajstić information content (AvgIpc) is 2.63. The zero-order valence-corrected chi connectivity index (χ0v) is 21.6. The van der Waals surface area contributed by atoms with E-state index in [1.165, 1.54) is 12.8 Å². The first kappa shape index (κ1) is 33.4. The molecule has 0 spiro atoms. The second-order valence-electron chi connectivity index (χ2n) is 5.59. The molecule has 0 aliphatic rings. The van der Waals surface area contributed by atoms with Gasteiger partial charge in [0.05, 0.1) is 52.9 Å². The van der Waals surface area contributed by atoms with Crippen LogP contribution < -0.4 is 69.3 Å². The van der Waals surface area contributed by atoms with Gasteiger partial charge in [0.2, 0.25) is 0 Å². The minimum Gasteiger partial charge on any atom is -0.854 e. The minimum absolute atomic E-state index is 0. The topological polar surface area (TPSA) is 92.3 Å². The summed E-state index contributed by atoms with van der Waals surface area (Å²) in [6.07, 6.45) is 6.45. The first-order valence-electron chi connectivity index (χ1n) is 9.46. The van der Waals surface area contributed by atoms with Crippen molar-refractivity contribution in [1.29, 1.82) is 0 Å². The SMILES string of the molecule is [Na+].[Na+].[O-]CCCCCCCCOCCOCCOCCOCCOCC[O-]. The maximum Gasteiger partial charge on any atom is 1.00 e. The molecule has 0 aliphatic carbocycles. The predicted octanol–water partition coefficient (Wildman–Crippen LogP) is -5.86. The zero-order valence-electron chi connectivity index (χ0n) is 17.6. The van der Waals surface area contributed by atoms with Gasteiger partial charge in [-0.2, -0.15) is 0 Å². The molecule has 0 aromatic heterocycles. The molecule has 0 fully saturated rings. The van der Waals surface area contributed by atoms with Crippen molar-refractivity contribution in [1.82, 2.24) is 0 Å². The molecule has 0 atom stereocenters. The van der Waals surface area contributed by atoms with Gasteiger partial charge in [-0.05, 0) is 6.42 Å². The standard InChI is InChI=1S/C18H36O7.2Na/c19-7-5-3-1-2-4-6-9-21-11-13-23-15-17-25-18-16-24-14-12-22-10-8-20;;/h1-18H2;;/q-2;2*+1. The molecule has 0 N–H and O–H groups in total. The van der Waals surface area contributed by atoms with Crippen molar-refractivity contribution in [2.45, 2.75) is 38.5 Å². The molecular weight excluding hydrogens is 374 g/mol. The molecule has 9 heteroatoms. The first-order valence-corrected chi connectivity index (χ1v) is 9.46. The van der Waals surface area contributed by atoms with E-state index in [0.29, 0.717) is 52.9 Å². The summed E-state index contributed by atoms with van der Waals surface area (Å²) in [5, 5.41) is 20.4. The Balaban J connectivity index is -0.00000288. The molecule has 0 amide bonds. The molecule has 0 bridgehead atoms. The average molecular weight is 410 g/mol. The Morgan fingerprint density at radius 3 is 1.07 bits per heavy atom. The van der Waals surface area contributed by atoms with Gasteiger partial charge in [0.1, 0.15) is 0 Å². The first-order chi connectivity index (χ1) is 12.4. The Bertz CT molecular complexity index is 218. The van der Waals surface area contributed by atoms with Crippen molar-refractivity contribution in [3.05, 3.63) is 0 Å². The van der Waals surface area contributed by atoms with E-state index in [-0.39, 0.29) is 78.9 Å². The summed E-state index contributed by atoms with van der Waals surface area (Å²) in [6.45, 7) is 5.13. The number of hydrogen-bond acceptors (Lipinski definition) is 7. The van der Waals surface area contributed by atoms with Crippen LogP contribution in [0.4, 0.5) is 0 Å². The summed E-state index contributed by atoms with van der Waals surface area (Å²) >= 11 is 0. The molecule has 0 rings (SSSR count). The minimum atomic E-state index is -0.210. The zero-order chi connectivity index (χ0) is 18.3. The van der Waals surface area contributed by atoms with E-state index < -0.39 is 0 Å². The fourth-order valence-corrected chi connectivity index (χ4v) is 2.05. The van der Waals surface area contributed by atoms with E-state index in [0.717, 1.165) is 32.3 Å². The third kappa shape index (κ3) is 32.6. The third-order valence-corrected chi connectivity index (χ3v) is 3.40. The summed E-state index contributed by atoms with van der Waals surface area (Å²) in [5.41, 5.74) is 0. The van der Waals surface area contributed by atoms with Gasteiger partial charge in [0.25, 0.3) is 0 Å². The second-order valence-corrected chi connectivity index (χ2v) is 5.59. The van der Waals surface area contributed by atoms with Crippen LogP contribution >= 0.6 is 0 Å². The van der Waals surface area contributed by atoms with E-state index in [1.807, 2.05) is 0 Å². The van der Waals surface area contributed by atoms with Gasteiger partial charge in [0.15, 0.2) is 0 Å². The molecule has 27 heavy (non-hydrogen) atoms. The van der Waals surface area contributed by atoms with E-state index >= 15 is 0 Å². The molecule has 0 radical (unpaired) electrons. The van der Waals surface area contributed by atoms with Gasteiger partial charge in [-0.3, -0.25) is 0 Å². The van der Waals surface area contributed by atoms with Crippen LogP contribution in [0.3, 0.4) is 0 Å². The summed E-state index contributed by atoms with van der Waals surface area (Å²) in [4.78, 5) is 0. The summed E-state index contributed by atoms with van der Waals surface area (Å²) in [7, 11) is 0. The van der Waals surface area contributed by atoms with Crippen LogP contribution in [-0.2, 0) is 23.7 Å². The third-order valence-electron chi connectivity index (χ3n) is 3.40. The van der Waals surface area contributed by atoms with Crippen molar-refractivity contribution >= 4 is 0 Å². The number of unbranched alkanes of at least 4 members (excludes halogenated alkanes) is 5. The monoisotopic (exact) mass is 410 g/mol. The van der Waals surface area contributed by atoms with E-state index in [1.54, 1.807) is 0 Å². The van der Waals surface area contributed by atoms with E-state index in [2.05, 4.69) is 0 Å². The van der Waals surface area contributed by atoms with Gasteiger partial charge in [0, 0.05) is 13.2 Å². The predicted molar refractivity (Wildman–Crippen MR) is 91.5 cm³/mol. The molecule has 0 heterocycles. The number of hydrogen-bond donors (Lipinski definition) is 0. The van der Waals surface area contributed by atoms with Gasteiger partial charge in [-0.25, -0.2) is 0 Å². The molecule has 0 saturated heterocycles. The quantitative estimate of drug-likeness (QED) is 0.130. The molecule has 0 unspecified atom stereocenters. The van der Waals surface area contributed by atoms with Crippen LogP contribution in [0.1, 0.15) is 38.5 Å². The molecule has 0 saturated carbocycles. The Labute approximate surface area is 209 Å². The van der Waals surface area contributed by atoms with E-state index in [9.17, 15) is 10.2 Å². The normalized spacial score (nSPS) is 10.4. The van der Waals surface area contributed by atoms with Gasteiger partial charge < -0.3 is 33.9 Å². The van der Waals surface area contributed by atoms with Gasteiger partial charge >= 0.3 is 59.1 Å². The summed E-state index contributed by atoms with van der Waals surface area (Å²) in [6, 6.07) is 0. The number of rotatable bonds is 22. The largest absolute Gasteiger partial charge is 1.00 e. The summed E-state index contributed by atoms with van der Waals surface area (Å²) < 4.78 is 26.5. The molecule has 0 aliphatic heterocycles. The van der Waals surface area contributed by atoms with Crippen molar-refractivity contribution in [2.75, 3.05) is 79.3 Å². The van der Waals surface area contributed by atoms with Crippen LogP contribution in [0.2, 0.25) is 0 Å². The van der Waals surface area contributed by atoms with Crippen LogP contribution in [0.15, 0.2) is 0 Å². The molecule has 0 aromatic carbocycles. The Morgan fingerprint density at radius 2 is 0.667 bits per heavy atom. The Kier molecular flexibility index (Phi) is 40.0. The van der Waals surface area contributed by atoms with Crippen molar-refractivity contribution in [3.63, 3.8) is 0 Å². The van der Waals surface area contributed by atoms with Crippen molar-refractivity contribution in [2.24, 2.45) is 0 Å². The Morgan fingerprint density at radius 1 is 0.333 bits per heavy atom. The van der Waals surface area contributed by atoms with Crippen LogP contribution in [-0.4, -0.2) is 79.3 Å². The maximum absolute atomic E-state index is 10.3. The fraction of sp³-hybridized carbons (Fsp3) is 1.00. The van der Waals surface area contributed by atoms with Crippen LogP contribution in [0.25, 0.3) is 0 Å². The summed E-state index contributed by atoms with van der Waals surface area (Å²) in [5.74, 6) is 0. The molecule has 0 aromatic rings. The van der Waals surface area contributed by atoms with E-state index in [4.69, 9.17) is 23.7 Å². The molecule has 152 valence electrons. The van der Waals surface area contributed by atoms with Gasteiger partial charge in [-0.15, -0.1) is 13.2 Å². The molecular formula is C18H36Na2O7. The molecule has 7 nitrogen and oxygen atoms in total. The smallest absolute Gasteiger partial charge is 0.854 e.